The van der Waals surface area contributed by atoms with E-state index >= 15 is 0 Å². The summed E-state index contributed by atoms with van der Waals surface area (Å²) in [4.78, 5) is 24.1. The number of fused-ring (bicyclic) bond motifs is 3. The van der Waals surface area contributed by atoms with Gasteiger partial charge in [0.1, 0.15) is 23.5 Å². The lowest BCUT2D eigenvalue weighted by Gasteiger charge is -2.17. The third-order valence-electron chi connectivity index (χ3n) is 4.88. The van der Waals surface area contributed by atoms with Gasteiger partial charge in [-0.25, -0.2) is 23.5 Å². The number of halogens is 6. The van der Waals surface area contributed by atoms with Crippen LogP contribution in [0.15, 0.2) is 35.6 Å². The standard InChI is InChI=1S/C21H14ClF5N4O2/c1-3-33-20(32)12-8-31-13-7-28-18(21(25,26)27)16(22)15(13)17(29-9(2)19(31)30-12)14-10(23)5-4-6-11(14)24/h4-9H,3H2,1-2H3/t9-/m0/s1. The fourth-order valence-electron chi connectivity index (χ4n) is 3.50. The summed E-state index contributed by atoms with van der Waals surface area (Å²) < 4.78 is 76.2. The molecule has 0 aliphatic carbocycles. The van der Waals surface area contributed by atoms with E-state index in [0.29, 0.717) is 0 Å². The second kappa shape index (κ2) is 8.22. The van der Waals surface area contributed by atoms with Crippen LogP contribution in [0.4, 0.5) is 22.0 Å². The van der Waals surface area contributed by atoms with E-state index in [2.05, 4.69) is 15.0 Å². The summed E-state index contributed by atoms with van der Waals surface area (Å²) in [5.74, 6) is -2.73. The number of hydrogen-bond acceptors (Lipinski definition) is 5. The Labute approximate surface area is 188 Å². The molecule has 6 nitrogen and oxygen atoms in total. The lowest BCUT2D eigenvalue weighted by molar-refractivity contribution is -0.141. The van der Waals surface area contributed by atoms with Gasteiger partial charge in [0.05, 0.1) is 34.8 Å². The smallest absolute Gasteiger partial charge is 0.434 e. The second-order valence-corrected chi connectivity index (χ2v) is 7.38. The first-order valence-electron chi connectivity index (χ1n) is 9.59. The van der Waals surface area contributed by atoms with E-state index in [1.165, 1.54) is 17.7 Å². The Bertz CT molecular complexity index is 1280. The number of alkyl halides is 3. The molecule has 4 rings (SSSR count). The van der Waals surface area contributed by atoms with Gasteiger partial charge in [-0.1, -0.05) is 17.7 Å². The lowest BCUT2D eigenvalue weighted by Crippen LogP contribution is -2.17. The molecule has 0 bridgehead atoms. The number of rotatable bonds is 3. The quantitative estimate of drug-likeness (QED) is 0.373. The lowest BCUT2D eigenvalue weighted by atomic mass is 9.99. The van der Waals surface area contributed by atoms with Crippen molar-refractivity contribution >= 4 is 23.3 Å². The zero-order valence-electron chi connectivity index (χ0n) is 17.0. The van der Waals surface area contributed by atoms with Crippen molar-refractivity contribution in [1.82, 2.24) is 14.5 Å². The molecule has 1 aliphatic rings. The van der Waals surface area contributed by atoms with Crippen LogP contribution < -0.4 is 0 Å². The number of imidazole rings is 1. The number of nitrogens with zero attached hydrogens (tertiary/aromatic N) is 4. The largest absolute Gasteiger partial charge is 0.461 e. The number of hydrogen-bond donors (Lipinski definition) is 0. The van der Waals surface area contributed by atoms with Crippen LogP contribution in [0.3, 0.4) is 0 Å². The van der Waals surface area contributed by atoms with Crippen LogP contribution >= 0.6 is 11.6 Å². The number of aromatic nitrogens is 3. The maximum absolute atomic E-state index is 14.7. The SMILES string of the molecule is CCOC(=O)c1cn2c(n1)[C@H](C)N=C(c1c(F)cccc1F)c1c-2cnc(C(F)(F)F)c1Cl. The summed E-state index contributed by atoms with van der Waals surface area (Å²) in [6.07, 6.45) is -2.88. The highest BCUT2D eigenvalue weighted by molar-refractivity contribution is 6.37. The highest BCUT2D eigenvalue weighted by Gasteiger charge is 2.39. The van der Waals surface area contributed by atoms with E-state index < -0.39 is 57.4 Å². The highest BCUT2D eigenvalue weighted by Crippen LogP contribution is 2.40. The molecule has 3 heterocycles. The van der Waals surface area contributed by atoms with Crippen LogP contribution in [0.2, 0.25) is 5.02 Å². The average molecular weight is 485 g/mol. The van der Waals surface area contributed by atoms with Crippen molar-refractivity contribution in [3.63, 3.8) is 0 Å². The topological polar surface area (TPSA) is 69.4 Å². The molecule has 1 atom stereocenters. The number of aliphatic imine (C=N–C) groups is 1. The molecule has 0 amide bonds. The van der Waals surface area contributed by atoms with Crippen molar-refractivity contribution in [3.05, 3.63) is 75.6 Å². The Morgan fingerprint density at radius 2 is 1.88 bits per heavy atom. The van der Waals surface area contributed by atoms with Crippen molar-refractivity contribution < 1.29 is 31.5 Å². The summed E-state index contributed by atoms with van der Waals surface area (Å²) in [6, 6.07) is 2.09. The van der Waals surface area contributed by atoms with Crippen LogP contribution in [0.5, 0.6) is 0 Å². The van der Waals surface area contributed by atoms with Gasteiger partial charge in [-0.2, -0.15) is 13.2 Å². The van der Waals surface area contributed by atoms with E-state index in [4.69, 9.17) is 16.3 Å². The zero-order chi connectivity index (χ0) is 24.1. The fourth-order valence-corrected chi connectivity index (χ4v) is 3.84. The second-order valence-electron chi connectivity index (χ2n) is 7.00. The number of benzene rings is 1. The maximum atomic E-state index is 14.7. The molecule has 0 radical (unpaired) electrons. The Morgan fingerprint density at radius 1 is 1.21 bits per heavy atom. The molecule has 33 heavy (non-hydrogen) atoms. The van der Waals surface area contributed by atoms with E-state index in [0.717, 1.165) is 24.4 Å². The van der Waals surface area contributed by atoms with Gasteiger partial charge in [0.25, 0.3) is 0 Å². The van der Waals surface area contributed by atoms with Crippen LogP contribution in [0, 0.1) is 11.6 Å². The Balaban J connectivity index is 2.07. The van der Waals surface area contributed by atoms with Crippen molar-refractivity contribution in [3.8, 4) is 5.69 Å². The summed E-state index contributed by atoms with van der Waals surface area (Å²) in [6.45, 7) is 3.17. The van der Waals surface area contributed by atoms with Gasteiger partial charge >= 0.3 is 12.1 Å². The van der Waals surface area contributed by atoms with Gasteiger partial charge in [0, 0.05) is 11.8 Å². The molecule has 1 aliphatic heterocycles. The first-order chi connectivity index (χ1) is 15.5. The van der Waals surface area contributed by atoms with E-state index in [-0.39, 0.29) is 23.8 Å². The molecule has 12 heteroatoms. The van der Waals surface area contributed by atoms with Gasteiger partial charge in [0.2, 0.25) is 0 Å². The van der Waals surface area contributed by atoms with E-state index in [9.17, 15) is 26.7 Å². The van der Waals surface area contributed by atoms with Crippen LogP contribution in [-0.4, -0.2) is 32.8 Å². The monoisotopic (exact) mass is 484 g/mol. The minimum absolute atomic E-state index is 0.0738. The Morgan fingerprint density at radius 3 is 2.48 bits per heavy atom. The molecule has 0 saturated carbocycles. The molecule has 0 spiro atoms. The average Bonchev–Trinajstić information content (AvgIpc) is 3.13. The predicted octanol–water partition coefficient (Wildman–Crippen LogP) is 5.31. The zero-order valence-corrected chi connectivity index (χ0v) is 17.8. The van der Waals surface area contributed by atoms with Gasteiger partial charge < -0.3 is 4.74 Å². The Kier molecular flexibility index (Phi) is 5.69. The number of carbonyl (C=O) groups is 1. The number of ether oxygens (including phenoxy) is 1. The minimum atomic E-state index is -4.95. The summed E-state index contributed by atoms with van der Waals surface area (Å²) in [5.41, 5.74) is -3.15. The number of pyridine rings is 1. The van der Waals surface area contributed by atoms with Crippen molar-refractivity contribution in [2.24, 2.45) is 4.99 Å². The first kappa shape index (κ1) is 22.8. The van der Waals surface area contributed by atoms with Crippen molar-refractivity contribution in [2.75, 3.05) is 6.61 Å². The van der Waals surface area contributed by atoms with Gasteiger partial charge in [-0.05, 0) is 26.0 Å². The maximum Gasteiger partial charge on any atom is 0.434 e. The van der Waals surface area contributed by atoms with Gasteiger partial charge in [0.15, 0.2) is 11.4 Å². The molecular weight excluding hydrogens is 471 g/mol. The van der Waals surface area contributed by atoms with Crippen LogP contribution in [0.1, 0.15) is 53.0 Å². The molecule has 3 aromatic rings. The summed E-state index contributed by atoms with van der Waals surface area (Å²) in [7, 11) is 0. The van der Waals surface area contributed by atoms with Gasteiger partial charge in [-0.3, -0.25) is 9.56 Å². The molecule has 172 valence electrons. The third-order valence-corrected chi connectivity index (χ3v) is 5.25. The number of carbonyl (C=O) groups excluding carboxylic acids is 1. The molecule has 1 aromatic carbocycles. The summed E-state index contributed by atoms with van der Waals surface area (Å²) >= 11 is 6.13. The molecule has 0 N–H and O–H groups in total. The van der Waals surface area contributed by atoms with Gasteiger partial charge in [-0.15, -0.1) is 0 Å². The van der Waals surface area contributed by atoms with E-state index in [1.807, 2.05) is 0 Å². The van der Waals surface area contributed by atoms with Crippen molar-refractivity contribution in [2.45, 2.75) is 26.1 Å². The normalized spacial score (nSPS) is 15.4. The predicted molar refractivity (Wildman–Crippen MR) is 108 cm³/mol. The highest BCUT2D eigenvalue weighted by atomic mass is 35.5. The Hall–Kier alpha value is -3.34. The molecule has 0 unspecified atom stereocenters. The van der Waals surface area contributed by atoms with Crippen LogP contribution in [-0.2, 0) is 10.9 Å². The van der Waals surface area contributed by atoms with E-state index in [1.54, 1.807) is 6.92 Å². The molecular formula is C21H14ClF5N4O2. The summed E-state index contributed by atoms with van der Waals surface area (Å²) in [5, 5.41) is -0.896. The molecule has 2 aromatic heterocycles. The third kappa shape index (κ3) is 3.86. The van der Waals surface area contributed by atoms with Crippen molar-refractivity contribution in [1.29, 1.82) is 0 Å². The van der Waals surface area contributed by atoms with Crippen LogP contribution in [0.25, 0.3) is 5.69 Å². The molecule has 0 saturated heterocycles. The fraction of sp³-hybridized carbons (Fsp3) is 0.238. The molecule has 0 fully saturated rings. The first-order valence-corrected chi connectivity index (χ1v) is 9.97. The minimum Gasteiger partial charge on any atom is -0.461 e. The number of esters is 1.